The normalized spacial score (nSPS) is 9.56. The van der Waals surface area contributed by atoms with Crippen molar-refractivity contribution in [1.29, 1.82) is 5.26 Å². The van der Waals surface area contributed by atoms with Crippen molar-refractivity contribution in [3.8, 4) is 17.2 Å². The van der Waals surface area contributed by atoms with Crippen molar-refractivity contribution in [2.75, 3.05) is 5.32 Å². The lowest BCUT2D eigenvalue weighted by molar-refractivity contribution is -0.114. The molecule has 1 aromatic heterocycles. The Hall–Kier alpha value is -2.67. The van der Waals surface area contributed by atoms with Gasteiger partial charge in [-0.15, -0.1) is 0 Å². The van der Waals surface area contributed by atoms with E-state index >= 15 is 0 Å². The number of rotatable bonds is 2. The summed E-state index contributed by atoms with van der Waals surface area (Å²) in [4.78, 5) is 15.1. The largest absolute Gasteiger partial charge is 0.325 e. The highest BCUT2D eigenvalue weighted by molar-refractivity contribution is 5.89. The molecule has 2 aromatic rings. The number of anilines is 1. The minimum atomic E-state index is -0.150. The molecule has 0 aliphatic heterocycles. The molecule has 4 nitrogen and oxygen atoms in total. The van der Waals surface area contributed by atoms with E-state index in [0.29, 0.717) is 11.3 Å². The molecule has 0 atom stereocenters. The van der Waals surface area contributed by atoms with Gasteiger partial charge < -0.3 is 5.32 Å². The van der Waals surface area contributed by atoms with Crippen LogP contribution in [0.5, 0.6) is 0 Å². The van der Waals surface area contributed by atoms with Gasteiger partial charge in [0.25, 0.3) is 0 Å². The zero-order valence-electron chi connectivity index (χ0n) is 9.84. The number of hydrogen-bond acceptors (Lipinski definition) is 3. The Labute approximate surface area is 105 Å². The lowest BCUT2D eigenvalue weighted by Crippen LogP contribution is -2.06. The molecule has 0 radical (unpaired) electrons. The average molecular weight is 237 g/mol. The third-order valence-electron chi connectivity index (χ3n) is 2.42. The van der Waals surface area contributed by atoms with Gasteiger partial charge in [0.05, 0.1) is 23.5 Å². The first-order valence-electron chi connectivity index (χ1n) is 5.43. The second kappa shape index (κ2) is 5.11. The van der Waals surface area contributed by atoms with Crippen LogP contribution in [0.3, 0.4) is 0 Å². The maximum Gasteiger partial charge on any atom is 0.221 e. The molecule has 1 aromatic carbocycles. The Morgan fingerprint density at radius 1 is 1.33 bits per heavy atom. The van der Waals surface area contributed by atoms with Crippen LogP contribution < -0.4 is 5.32 Å². The number of amides is 1. The summed E-state index contributed by atoms with van der Waals surface area (Å²) in [6.45, 7) is 1.44. The number of nitrogens with zero attached hydrogens (tertiary/aromatic N) is 2. The molecule has 0 saturated carbocycles. The number of benzene rings is 1. The van der Waals surface area contributed by atoms with Crippen molar-refractivity contribution >= 4 is 11.6 Å². The molecular weight excluding hydrogens is 226 g/mol. The highest BCUT2D eigenvalue weighted by Gasteiger charge is 2.05. The van der Waals surface area contributed by atoms with Gasteiger partial charge in [0, 0.05) is 24.2 Å². The van der Waals surface area contributed by atoms with Gasteiger partial charge in [-0.2, -0.15) is 5.26 Å². The van der Waals surface area contributed by atoms with Crippen LogP contribution in [0, 0.1) is 11.3 Å². The molecule has 0 bridgehead atoms. The van der Waals surface area contributed by atoms with E-state index < -0.39 is 0 Å². The van der Waals surface area contributed by atoms with Crippen molar-refractivity contribution in [1.82, 2.24) is 4.98 Å². The van der Waals surface area contributed by atoms with Crippen LogP contribution in [0.25, 0.3) is 11.1 Å². The summed E-state index contributed by atoms with van der Waals surface area (Å²) in [7, 11) is 0. The zero-order chi connectivity index (χ0) is 13.0. The van der Waals surface area contributed by atoms with Crippen LogP contribution in [0.1, 0.15) is 12.5 Å². The fourth-order valence-corrected chi connectivity index (χ4v) is 1.69. The average Bonchev–Trinajstić information content (AvgIpc) is 2.38. The Morgan fingerprint density at radius 3 is 2.83 bits per heavy atom. The number of carbonyl (C=O) groups excluding carboxylic acids is 1. The van der Waals surface area contributed by atoms with Gasteiger partial charge in [0.2, 0.25) is 5.91 Å². The maximum atomic E-state index is 11.0. The summed E-state index contributed by atoms with van der Waals surface area (Å²) in [5.41, 5.74) is 2.81. The van der Waals surface area contributed by atoms with E-state index in [4.69, 9.17) is 5.26 Å². The Bertz CT molecular complexity index is 629. The summed E-state index contributed by atoms with van der Waals surface area (Å²) in [5, 5.41) is 11.7. The van der Waals surface area contributed by atoms with E-state index in [2.05, 4.69) is 16.4 Å². The molecular formula is C14H11N3O. The predicted molar refractivity (Wildman–Crippen MR) is 68.7 cm³/mol. The van der Waals surface area contributed by atoms with Gasteiger partial charge in [-0.05, 0) is 12.1 Å². The SMILES string of the molecule is CC(=O)Nc1cncc(-c2ccccc2C#N)c1. The summed E-state index contributed by atoms with van der Waals surface area (Å²) in [6.07, 6.45) is 3.24. The standard InChI is InChI=1S/C14H11N3O/c1-10(18)17-13-6-12(8-16-9-13)14-5-3-2-4-11(14)7-15/h2-6,8-9H,1H3,(H,17,18). The monoisotopic (exact) mass is 237 g/mol. The minimum absolute atomic E-state index is 0.150. The van der Waals surface area contributed by atoms with Crippen LogP contribution in [0.15, 0.2) is 42.7 Å². The molecule has 18 heavy (non-hydrogen) atoms. The van der Waals surface area contributed by atoms with E-state index in [-0.39, 0.29) is 5.91 Å². The molecule has 0 spiro atoms. The molecule has 0 saturated heterocycles. The fraction of sp³-hybridized carbons (Fsp3) is 0.0714. The minimum Gasteiger partial charge on any atom is -0.325 e. The smallest absolute Gasteiger partial charge is 0.221 e. The van der Waals surface area contributed by atoms with E-state index in [1.165, 1.54) is 6.92 Å². The number of aromatic nitrogens is 1. The van der Waals surface area contributed by atoms with Crippen LogP contribution in [-0.2, 0) is 4.79 Å². The van der Waals surface area contributed by atoms with Gasteiger partial charge in [-0.3, -0.25) is 9.78 Å². The molecule has 0 unspecified atom stereocenters. The van der Waals surface area contributed by atoms with Crippen LogP contribution >= 0.6 is 0 Å². The highest BCUT2D eigenvalue weighted by Crippen LogP contribution is 2.24. The molecule has 0 aliphatic carbocycles. The van der Waals surface area contributed by atoms with Gasteiger partial charge in [-0.1, -0.05) is 18.2 Å². The van der Waals surface area contributed by atoms with Crippen molar-refractivity contribution in [2.24, 2.45) is 0 Å². The summed E-state index contributed by atoms with van der Waals surface area (Å²) >= 11 is 0. The highest BCUT2D eigenvalue weighted by atomic mass is 16.1. The van der Waals surface area contributed by atoms with Crippen LogP contribution in [0.4, 0.5) is 5.69 Å². The Kier molecular flexibility index (Phi) is 3.35. The molecule has 1 heterocycles. The summed E-state index contributed by atoms with van der Waals surface area (Å²) in [5.74, 6) is -0.150. The third-order valence-corrected chi connectivity index (χ3v) is 2.42. The molecule has 0 aliphatic rings. The van der Waals surface area contributed by atoms with Crippen molar-refractivity contribution < 1.29 is 4.79 Å². The second-order valence-corrected chi connectivity index (χ2v) is 3.80. The van der Waals surface area contributed by atoms with E-state index in [1.54, 1.807) is 24.5 Å². The van der Waals surface area contributed by atoms with Crippen LogP contribution in [0.2, 0.25) is 0 Å². The second-order valence-electron chi connectivity index (χ2n) is 3.80. The predicted octanol–water partition coefficient (Wildman–Crippen LogP) is 2.58. The van der Waals surface area contributed by atoms with Crippen molar-refractivity contribution in [3.63, 3.8) is 0 Å². The van der Waals surface area contributed by atoms with Crippen molar-refractivity contribution in [3.05, 3.63) is 48.3 Å². The molecule has 4 heteroatoms. The Morgan fingerprint density at radius 2 is 2.11 bits per heavy atom. The van der Waals surface area contributed by atoms with Crippen molar-refractivity contribution in [2.45, 2.75) is 6.92 Å². The summed E-state index contributed by atoms with van der Waals surface area (Å²) in [6, 6.07) is 11.2. The topological polar surface area (TPSA) is 65.8 Å². The first-order valence-corrected chi connectivity index (χ1v) is 5.43. The third kappa shape index (κ3) is 2.53. The van der Waals surface area contributed by atoms with E-state index in [0.717, 1.165) is 11.1 Å². The number of carbonyl (C=O) groups is 1. The quantitative estimate of drug-likeness (QED) is 0.872. The lowest BCUT2D eigenvalue weighted by atomic mass is 10.0. The maximum absolute atomic E-state index is 11.0. The van der Waals surface area contributed by atoms with Crippen LogP contribution in [-0.4, -0.2) is 10.9 Å². The molecule has 1 amide bonds. The van der Waals surface area contributed by atoms with E-state index in [9.17, 15) is 4.79 Å². The zero-order valence-corrected chi connectivity index (χ0v) is 9.84. The number of pyridine rings is 1. The molecule has 2 rings (SSSR count). The van der Waals surface area contributed by atoms with Gasteiger partial charge >= 0.3 is 0 Å². The first-order chi connectivity index (χ1) is 8.70. The number of nitriles is 1. The lowest BCUT2D eigenvalue weighted by Gasteiger charge is -2.06. The van der Waals surface area contributed by atoms with Gasteiger partial charge in [0.1, 0.15) is 0 Å². The molecule has 0 fully saturated rings. The van der Waals surface area contributed by atoms with Gasteiger partial charge in [0.15, 0.2) is 0 Å². The van der Waals surface area contributed by atoms with E-state index in [1.807, 2.05) is 18.2 Å². The molecule has 1 N–H and O–H groups in total. The number of hydrogen-bond donors (Lipinski definition) is 1. The summed E-state index contributed by atoms with van der Waals surface area (Å²) < 4.78 is 0. The number of nitrogens with one attached hydrogen (secondary N) is 1. The fourth-order valence-electron chi connectivity index (χ4n) is 1.69. The molecule has 88 valence electrons. The first kappa shape index (κ1) is 11.8. The Balaban J connectivity index is 2.45. The van der Waals surface area contributed by atoms with Gasteiger partial charge in [-0.25, -0.2) is 0 Å².